The second-order valence-electron chi connectivity index (χ2n) is 30.2. The molecule has 1 aromatic heterocycles. The molecule has 1 unspecified atom stereocenters. The molecular weight excluding hydrogens is 1460 g/mol. The Balaban J connectivity index is 0.634. The number of benzene rings is 5. The van der Waals surface area contributed by atoms with Crippen molar-refractivity contribution in [2.75, 3.05) is 94.6 Å². The van der Waals surface area contributed by atoms with Crippen molar-refractivity contribution < 1.29 is 50.3 Å². The van der Waals surface area contributed by atoms with Crippen LogP contribution in [0.5, 0.6) is 0 Å². The number of likely N-dealkylation sites (tertiary alicyclic amines) is 1. The Kier molecular flexibility index (Phi) is 29.8. The number of allylic oxidation sites excluding steroid dienone is 1. The van der Waals surface area contributed by atoms with E-state index in [-0.39, 0.29) is 51.7 Å². The first-order valence-electron chi connectivity index (χ1n) is 37.6. The highest BCUT2D eigenvalue weighted by Crippen LogP contribution is 2.44. The number of rotatable bonds is 34. The van der Waals surface area contributed by atoms with Crippen LogP contribution in [0.25, 0.3) is 16.0 Å². The summed E-state index contributed by atoms with van der Waals surface area (Å²) in [4.78, 5) is 82.6. The topological polar surface area (TPSA) is 215 Å². The van der Waals surface area contributed by atoms with Crippen molar-refractivity contribution in [1.29, 1.82) is 0 Å². The van der Waals surface area contributed by atoms with Crippen LogP contribution in [0.1, 0.15) is 164 Å². The van der Waals surface area contributed by atoms with E-state index in [1.807, 2.05) is 119 Å². The van der Waals surface area contributed by atoms with Crippen LogP contribution in [0.2, 0.25) is 5.02 Å². The number of nitrogens with zero attached hydrogens (tertiary/aromatic N) is 5. The second kappa shape index (κ2) is 38.6. The lowest BCUT2D eigenvalue weighted by molar-refractivity contribution is -0.144. The van der Waals surface area contributed by atoms with Crippen molar-refractivity contribution in [2.45, 2.75) is 182 Å². The summed E-state index contributed by atoms with van der Waals surface area (Å²) in [6.45, 7) is 20.2. The van der Waals surface area contributed by atoms with E-state index in [0.717, 1.165) is 159 Å². The number of hydrogen-bond donors (Lipinski definition) is 5. The third-order valence-electron chi connectivity index (χ3n) is 20.8. The molecule has 10 rings (SSSR count). The quantitative estimate of drug-likeness (QED) is 0.0144. The third kappa shape index (κ3) is 23.5. The van der Waals surface area contributed by atoms with Crippen molar-refractivity contribution >= 4 is 103 Å². The maximum Gasteiger partial charge on any atom is 0.501 e. The largest absolute Gasteiger partial charge is 0.501 e. The second-order valence-corrected chi connectivity index (χ2v) is 35.3. The van der Waals surface area contributed by atoms with Gasteiger partial charge in [-0.2, -0.15) is 13.2 Å². The van der Waals surface area contributed by atoms with Crippen molar-refractivity contribution in [3.8, 4) is 10.4 Å². The minimum Gasteiger partial charge on any atom is -0.380 e. The molecule has 578 valence electrons. The van der Waals surface area contributed by atoms with Crippen molar-refractivity contribution in [1.82, 2.24) is 40.4 Å². The Hall–Kier alpha value is -6.97. The molecule has 5 N–H and O–H groups in total. The average Bonchev–Trinajstić information content (AvgIpc) is 1.25. The van der Waals surface area contributed by atoms with E-state index in [4.69, 9.17) is 16.3 Å². The monoisotopic (exact) mass is 1560 g/mol. The van der Waals surface area contributed by atoms with E-state index in [1.165, 1.54) is 35.0 Å². The normalized spacial score (nSPS) is 18.5. The Labute approximate surface area is 647 Å². The molecule has 107 heavy (non-hydrogen) atoms. The van der Waals surface area contributed by atoms with Gasteiger partial charge in [-0.1, -0.05) is 132 Å². The van der Waals surface area contributed by atoms with Gasteiger partial charge in [0, 0.05) is 116 Å². The van der Waals surface area contributed by atoms with Gasteiger partial charge in [0.05, 0.1) is 41.0 Å². The number of aryl methyl sites for hydroxylation is 1. The number of halogens is 4. The van der Waals surface area contributed by atoms with Crippen molar-refractivity contribution in [2.24, 2.45) is 10.8 Å². The molecule has 5 atom stereocenters. The summed E-state index contributed by atoms with van der Waals surface area (Å²) in [6.07, 6.45) is 11.5. The number of amides is 5. The number of thioether (sulfide) groups is 1. The predicted molar refractivity (Wildman–Crippen MR) is 424 cm³/mol. The molecular formula is C81H104ClF3N10O8S4. The third-order valence-corrected chi connectivity index (χ3v) is 25.5. The molecule has 5 aromatic carbocycles. The number of sulfone groups is 1. The molecule has 18 nitrogen and oxygen atoms in total. The van der Waals surface area contributed by atoms with E-state index in [0.29, 0.717) is 87.7 Å². The Morgan fingerprint density at radius 1 is 0.766 bits per heavy atom. The first-order chi connectivity index (χ1) is 51.2. The van der Waals surface area contributed by atoms with E-state index in [1.54, 1.807) is 28.4 Å². The lowest BCUT2D eigenvalue weighted by Gasteiger charge is -2.41. The zero-order valence-corrected chi connectivity index (χ0v) is 66.4. The van der Waals surface area contributed by atoms with E-state index >= 15 is 0 Å². The number of thiazole rings is 1. The van der Waals surface area contributed by atoms with Gasteiger partial charge in [0.25, 0.3) is 15.7 Å². The SMILES string of the molecule is Cc1ncsc1-c1ccc([C@H](C)NC(=O)[C@@H]2CCCN2C(=O)[C@@H](NC(=O)CCCCCCCCCC(=O)NCC2(C)CCC(c3ccc(Cl)cc3)=C(CN3CCN(c4ccc(C(=O)NSc5ccc(N[C@H](CCN6CCOCC6)CSc6ccccc6)c(S(=O)(=O)C(F)(F)F)c5)cc4)CC3)C2)C(C)(C)C)cc1. The fourth-order valence-electron chi connectivity index (χ4n) is 14.5. The molecule has 0 spiro atoms. The molecule has 6 aromatic rings. The molecule has 0 radical (unpaired) electrons. The summed E-state index contributed by atoms with van der Waals surface area (Å²) in [6, 6.07) is 34.7. The number of ether oxygens (including phenoxy) is 1. The summed E-state index contributed by atoms with van der Waals surface area (Å²) < 4.78 is 77.6. The average molecular weight is 1570 g/mol. The highest BCUT2D eigenvalue weighted by molar-refractivity contribution is 7.99. The maximum absolute atomic E-state index is 14.3. The fraction of sp³-hybridized carbons (Fsp3) is 0.506. The van der Waals surface area contributed by atoms with E-state index in [9.17, 15) is 45.6 Å². The summed E-state index contributed by atoms with van der Waals surface area (Å²) in [5, 5.41) is 13.3. The highest BCUT2D eigenvalue weighted by atomic mass is 35.5. The summed E-state index contributed by atoms with van der Waals surface area (Å²) >= 11 is 10.2. The van der Waals surface area contributed by atoms with Gasteiger partial charge in [-0.3, -0.25) is 38.5 Å². The fourth-order valence-corrected chi connectivity index (χ4v) is 18.1. The lowest BCUT2D eigenvalue weighted by atomic mass is 9.71. The zero-order chi connectivity index (χ0) is 76.3. The molecule has 3 fully saturated rings. The smallest absolute Gasteiger partial charge is 0.380 e. The number of alkyl halides is 3. The molecule has 3 saturated heterocycles. The summed E-state index contributed by atoms with van der Waals surface area (Å²) in [7, 11) is -5.81. The standard InChI is InChI=1S/C81H104ClF3N10O8S4/c1-56(58-23-25-60(26-24-58)74-57(2)87-55-105-74)88-77(99)70-20-17-40-95(70)78(100)75(79(3,4)5)90-73(97)22-16-11-9-7-8-10-15-21-72(96)86-54-80(6)39-37-68(59-27-31-63(82)32-28-59)62(51-80)52-93-42-44-94(45-43-93)65-33-29-61(30-34-65)76(98)91-106-67-35-36-69(71(50-67)107(101,102)81(83,84)85)89-64(38-41-92-46-48-103-49-47-92)53-104-66-18-13-12-14-19-66/h12-14,18-19,23-36,50,55-56,64,70,75,89H,7-11,15-17,20-22,37-49,51-54H2,1-6H3,(H,86,96)(H,88,99)(H,90,97)(H,91,98)/t56-,64+,70-,75+,80?/m0/s1. The van der Waals surface area contributed by atoms with E-state index < -0.39 is 43.6 Å². The number of carbonyl (C=O) groups is 5. The molecule has 0 bridgehead atoms. The predicted octanol–water partition coefficient (Wildman–Crippen LogP) is 15.6. The van der Waals surface area contributed by atoms with Gasteiger partial charge in [0.1, 0.15) is 17.0 Å². The number of piperazine rings is 1. The number of morpholine rings is 1. The number of unbranched alkanes of at least 4 members (excludes halogenated alkanes) is 6. The number of anilines is 2. The number of carbonyl (C=O) groups excluding carboxylic acids is 5. The lowest BCUT2D eigenvalue weighted by Crippen LogP contribution is -2.57. The van der Waals surface area contributed by atoms with Gasteiger partial charge < -0.3 is 35.8 Å². The van der Waals surface area contributed by atoms with Gasteiger partial charge in [-0.05, 0) is 177 Å². The summed E-state index contributed by atoms with van der Waals surface area (Å²) in [5.41, 5.74) is 3.51. The van der Waals surface area contributed by atoms with Crippen LogP contribution < -0.4 is 30.9 Å². The molecule has 1 aliphatic carbocycles. The Bertz CT molecular complexity index is 4100. The van der Waals surface area contributed by atoms with Crippen LogP contribution in [0.4, 0.5) is 24.5 Å². The first-order valence-corrected chi connectivity index (χ1v) is 42.1. The number of nitrogens with one attached hydrogen (secondary N) is 5. The van der Waals surface area contributed by atoms with Crippen LogP contribution in [-0.4, -0.2) is 166 Å². The maximum atomic E-state index is 14.3. The summed E-state index contributed by atoms with van der Waals surface area (Å²) in [5.74, 6) is -0.559. The Morgan fingerprint density at radius 3 is 2.08 bits per heavy atom. The van der Waals surface area contributed by atoms with Crippen LogP contribution in [0, 0.1) is 17.8 Å². The zero-order valence-electron chi connectivity index (χ0n) is 62.4. The molecule has 4 aliphatic rings. The first kappa shape index (κ1) is 82.5. The van der Waals surface area contributed by atoms with Crippen LogP contribution in [-0.2, 0) is 33.8 Å². The van der Waals surface area contributed by atoms with Crippen LogP contribution in [0.3, 0.4) is 0 Å². The molecule has 0 saturated carbocycles. The van der Waals surface area contributed by atoms with Gasteiger partial charge in [-0.25, -0.2) is 13.4 Å². The molecule has 26 heteroatoms. The van der Waals surface area contributed by atoms with Crippen LogP contribution >= 0.6 is 46.6 Å². The van der Waals surface area contributed by atoms with Gasteiger partial charge in [-0.15, -0.1) is 23.1 Å². The molecule has 5 amide bonds. The van der Waals surface area contributed by atoms with Crippen molar-refractivity contribution in [3.05, 3.63) is 160 Å². The molecule has 3 aliphatic heterocycles. The highest BCUT2D eigenvalue weighted by Gasteiger charge is 2.49. The number of aromatic nitrogens is 1. The van der Waals surface area contributed by atoms with Gasteiger partial charge in [0.2, 0.25) is 23.6 Å². The van der Waals surface area contributed by atoms with Gasteiger partial charge >= 0.3 is 5.51 Å². The number of hydrogen-bond acceptors (Lipinski definition) is 16. The molecule has 4 heterocycles. The Morgan fingerprint density at radius 2 is 1.43 bits per heavy atom. The van der Waals surface area contributed by atoms with E-state index in [2.05, 4.69) is 64.7 Å². The van der Waals surface area contributed by atoms with Gasteiger partial charge in [0.15, 0.2) is 0 Å². The minimum absolute atomic E-state index is 0.0599. The van der Waals surface area contributed by atoms with Crippen LogP contribution in [0.15, 0.2) is 147 Å². The minimum atomic E-state index is -5.81. The van der Waals surface area contributed by atoms with Crippen molar-refractivity contribution in [3.63, 3.8) is 0 Å².